The molecule has 0 spiro atoms. The van der Waals surface area contributed by atoms with Gasteiger partial charge < -0.3 is 4.98 Å². The molecule has 0 saturated heterocycles. The van der Waals surface area contributed by atoms with Gasteiger partial charge in [-0.1, -0.05) is 0 Å². The number of aromatic nitrogens is 2. The molecule has 1 aromatic heterocycles. The first-order valence-corrected chi connectivity index (χ1v) is 8.76. The number of imidazole rings is 1. The lowest BCUT2D eigenvalue weighted by Gasteiger charge is -2.13. The van der Waals surface area contributed by atoms with E-state index in [4.69, 9.17) is 0 Å². The molecule has 5 nitrogen and oxygen atoms in total. The van der Waals surface area contributed by atoms with Gasteiger partial charge in [0.25, 0.3) is 0 Å². The van der Waals surface area contributed by atoms with Gasteiger partial charge in [0.1, 0.15) is 11.7 Å². The molecule has 12 heteroatoms. The van der Waals surface area contributed by atoms with Crippen LogP contribution in [0.1, 0.15) is 17.0 Å². The lowest BCUT2D eigenvalue weighted by Crippen LogP contribution is -2.25. The number of aromatic amines is 1. The smallest absolute Gasteiger partial charge is 0.340 e. The number of alkyl halides is 6. The molecule has 0 unspecified atom stereocenters. The third-order valence-electron chi connectivity index (χ3n) is 3.15. The summed E-state index contributed by atoms with van der Waals surface area (Å²) in [5.41, 5.74) is -4.02. The molecule has 0 saturated carbocycles. The van der Waals surface area contributed by atoms with Crippen molar-refractivity contribution in [2.45, 2.75) is 18.9 Å². The van der Waals surface area contributed by atoms with E-state index in [1.807, 2.05) is 0 Å². The molecule has 0 aliphatic heterocycles. The largest absolute Gasteiger partial charge is 0.418 e. The minimum atomic E-state index is -5.01. The van der Waals surface area contributed by atoms with E-state index in [0.29, 0.717) is 6.07 Å². The Morgan fingerprint density at radius 2 is 1.72 bits per heavy atom. The third kappa shape index (κ3) is 4.84. The molecule has 0 aliphatic rings. The number of nitrogens with zero attached hydrogens (tertiary/aromatic N) is 2. The van der Waals surface area contributed by atoms with Crippen molar-refractivity contribution < 1.29 is 34.8 Å². The van der Waals surface area contributed by atoms with Crippen LogP contribution in [0.25, 0.3) is 11.0 Å². The third-order valence-corrected chi connectivity index (χ3v) is 4.06. The Bertz CT molecular complexity index is 886. The number of sulfone groups is 1. The quantitative estimate of drug-likeness (QED) is 0.817. The summed E-state index contributed by atoms with van der Waals surface area (Å²) in [5, 5.41) is 0. The van der Waals surface area contributed by atoms with E-state index >= 15 is 0 Å². The Morgan fingerprint density at radius 1 is 1.12 bits per heavy atom. The Kier molecular flexibility index (Phi) is 4.81. The number of rotatable bonds is 4. The van der Waals surface area contributed by atoms with E-state index in [9.17, 15) is 34.8 Å². The van der Waals surface area contributed by atoms with Crippen LogP contribution in [0.15, 0.2) is 12.1 Å². The SMILES string of the molecule is CN(Cc1nc2cc(C(F)(F)F)cc(C(F)(F)F)c2[nH]1)CS(C)(=O)=O. The van der Waals surface area contributed by atoms with E-state index in [-0.39, 0.29) is 24.3 Å². The summed E-state index contributed by atoms with van der Waals surface area (Å²) >= 11 is 0. The van der Waals surface area contributed by atoms with E-state index in [1.165, 1.54) is 11.9 Å². The highest BCUT2D eigenvalue weighted by molar-refractivity contribution is 7.90. The molecule has 140 valence electrons. The molecule has 0 fully saturated rings. The van der Waals surface area contributed by atoms with Crippen LogP contribution in [-0.4, -0.2) is 42.5 Å². The minimum absolute atomic E-state index is 0.0184. The number of halogens is 6. The van der Waals surface area contributed by atoms with Crippen LogP contribution in [0.4, 0.5) is 26.3 Å². The number of fused-ring (bicyclic) bond motifs is 1. The highest BCUT2D eigenvalue weighted by Gasteiger charge is 2.39. The predicted octanol–water partition coefficient (Wildman–Crippen LogP) is 3.03. The van der Waals surface area contributed by atoms with Crippen molar-refractivity contribution in [2.24, 2.45) is 0 Å². The molecule has 0 atom stereocenters. The fraction of sp³-hybridized carbons (Fsp3) is 0.462. The summed E-state index contributed by atoms with van der Waals surface area (Å²) in [7, 11) is -1.99. The molecule has 0 bridgehead atoms. The number of H-pyrrole nitrogens is 1. The van der Waals surface area contributed by atoms with E-state index in [2.05, 4.69) is 9.97 Å². The van der Waals surface area contributed by atoms with E-state index < -0.39 is 44.4 Å². The lowest BCUT2D eigenvalue weighted by molar-refractivity contribution is -0.142. The summed E-state index contributed by atoms with van der Waals surface area (Å²) in [4.78, 5) is 7.33. The van der Waals surface area contributed by atoms with Gasteiger partial charge in [0.2, 0.25) is 0 Å². The van der Waals surface area contributed by atoms with Gasteiger partial charge in [-0.3, -0.25) is 4.90 Å². The molecule has 1 N–H and O–H groups in total. The second kappa shape index (κ2) is 6.16. The molecule has 1 aromatic carbocycles. The second-order valence-corrected chi connectivity index (χ2v) is 7.78. The van der Waals surface area contributed by atoms with Crippen LogP contribution in [0, 0.1) is 0 Å². The normalized spacial score (nSPS) is 13.8. The highest BCUT2D eigenvalue weighted by atomic mass is 32.2. The van der Waals surface area contributed by atoms with Gasteiger partial charge >= 0.3 is 12.4 Å². The standard InChI is InChI=1S/C13H13F6N3O2S/c1-22(6-25(2,23)24)5-10-20-9-4-7(12(14,15)16)3-8(11(9)21-10)13(17,18)19/h3-4H,5-6H2,1-2H3,(H,20,21). The average Bonchev–Trinajstić information content (AvgIpc) is 2.74. The molecular weight excluding hydrogens is 376 g/mol. The molecule has 0 aliphatic carbocycles. The van der Waals surface area contributed by atoms with Crippen molar-refractivity contribution in [3.05, 3.63) is 29.1 Å². The van der Waals surface area contributed by atoms with Crippen molar-refractivity contribution in [1.82, 2.24) is 14.9 Å². The van der Waals surface area contributed by atoms with Crippen LogP contribution >= 0.6 is 0 Å². The van der Waals surface area contributed by atoms with Gasteiger partial charge in [-0.15, -0.1) is 0 Å². The maximum absolute atomic E-state index is 13.1. The number of hydrogen-bond acceptors (Lipinski definition) is 4. The van der Waals surface area contributed by atoms with Crippen molar-refractivity contribution in [3.8, 4) is 0 Å². The zero-order chi connectivity index (χ0) is 19.2. The van der Waals surface area contributed by atoms with Gasteiger partial charge in [-0.05, 0) is 19.2 Å². The first-order chi connectivity index (χ1) is 11.2. The number of benzene rings is 1. The zero-order valence-corrected chi connectivity index (χ0v) is 13.8. The Morgan fingerprint density at radius 3 is 2.20 bits per heavy atom. The maximum atomic E-state index is 13.1. The zero-order valence-electron chi connectivity index (χ0n) is 13.0. The van der Waals surface area contributed by atoms with Crippen LogP contribution < -0.4 is 0 Å². The number of nitrogens with one attached hydrogen (secondary N) is 1. The fourth-order valence-electron chi connectivity index (χ4n) is 2.33. The summed E-state index contributed by atoms with van der Waals surface area (Å²) in [6, 6.07) is 0.533. The Hall–Kier alpha value is -1.82. The van der Waals surface area contributed by atoms with Gasteiger partial charge in [-0.2, -0.15) is 26.3 Å². The van der Waals surface area contributed by atoms with E-state index in [1.54, 1.807) is 0 Å². The monoisotopic (exact) mass is 389 g/mol. The van der Waals surface area contributed by atoms with Crippen molar-refractivity contribution in [1.29, 1.82) is 0 Å². The first kappa shape index (κ1) is 19.5. The van der Waals surface area contributed by atoms with Gasteiger partial charge in [0, 0.05) is 6.26 Å². The summed E-state index contributed by atoms with van der Waals surface area (Å²) in [6.45, 7) is -0.180. The summed E-state index contributed by atoms with van der Waals surface area (Å²) in [5.74, 6) is -0.463. The molecule has 25 heavy (non-hydrogen) atoms. The second-order valence-electron chi connectivity index (χ2n) is 5.67. The van der Waals surface area contributed by atoms with E-state index in [0.717, 1.165) is 6.26 Å². The van der Waals surface area contributed by atoms with Gasteiger partial charge in [0.05, 0.1) is 28.7 Å². The molecule has 2 aromatic rings. The number of hydrogen-bond donors (Lipinski definition) is 1. The van der Waals surface area contributed by atoms with Crippen LogP contribution in [-0.2, 0) is 28.7 Å². The van der Waals surface area contributed by atoms with Gasteiger partial charge in [-0.25, -0.2) is 13.4 Å². The minimum Gasteiger partial charge on any atom is -0.340 e. The average molecular weight is 389 g/mol. The van der Waals surface area contributed by atoms with Crippen molar-refractivity contribution in [2.75, 3.05) is 19.2 Å². The Labute approximate surface area is 138 Å². The topological polar surface area (TPSA) is 66.1 Å². The summed E-state index contributed by atoms with van der Waals surface area (Å²) < 4.78 is 100. The molecule has 2 rings (SSSR count). The van der Waals surface area contributed by atoms with Crippen molar-refractivity contribution >= 4 is 20.9 Å². The molecule has 0 radical (unpaired) electrons. The predicted molar refractivity (Wildman–Crippen MR) is 77.3 cm³/mol. The first-order valence-electron chi connectivity index (χ1n) is 6.70. The summed E-state index contributed by atoms with van der Waals surface area (Å²) in [6.07, 6.45) is -9.00. The maximum Gasteiger partial charge on any atom is 0.418 e. The molecule has 1 heterocycles. The van der Waals surface area contributed by atoms with Crippen LogP contribution in [0.2, 0.25) is 0 Å². The lowest BCUT2D eigenvalue weighted by atomic mass is 10.1. The van der Waals surface area contributed by atoms with Crippen LogP contribution in [0.5, 0.6) is 0 Å². The molecule has 0 amide bonds. The molecular formula is C13H13F6N3O2S. The Balaban J connectivity index is 2.51. The van der Waals surface area contributed by atoms with Crippen molar-refractivity contribution in [3.63, 3.8) is 0 Å². The fourth-order valence-corrected chi connectivity index (χ4v) is 3.22. The highest BCUT2D eigenvalue weighted by Crippen LogP contribution is 2.39. The van der Waals surface area contributed by atoms with Gasteiger partial charge in [0.15, 0.2) is 9.84 Å². The van der Waals surface area contributed by atoms with Crippen LogP contribution in [0.3, 0.4) is 0 Å².